The fourth-order valence-electron chi connectivity index (χ4n) is 1.51. The van der Waals surface area contributed by atoms with Crippen LogP contribution in [0.25, 0.3) is 0 Å². The van der Waals surface area contributed by atoms with Crippen LogP contribution in [0, 0.1) is 11.8 Å². The Morgan fingerprint density at radius 1 is 1.00 bits per heavy atom. The Labute approximate surface area is 83.7 Å². The minimum Gasteiger partial charge on any atom is -0.0848 e. The summed E-state index contributed by atoms with van der Waals surface area (Å²) in [6, 6.07) is 0. The standard InChI is InChI=1S/C13H24/c1-5-6-7-8-9-10-13(4)11-12(2)3/h6-9,12-13H,5,10-11H2,1-4H3/b7-6+,9-8+. The van der Waals surface area contributed by atoms with Gasteiger partial charge in [0.05, 0.1) is 0 Å². The molecule has 1 atom stereocenters. The largest absolute Gasteiger partial charge is 0.0848 e. The lowest BCUT2D eigenvalue weighted by molar-refractivity contribution is 0.443. The van der Waals surface area contributed by atoms with E-state index >= 15 is 0 Å². The van der Waals surface area contributed by atoms with Gasteiger partial charge in [-0.05, 0) is 31.1 Å². The molecule has 0 spiro atoms. The third-order valence-electron chi connectivity index (χ3n) is 2.03. The first-order chi connectivity index (χ1) is 6.16. The van der Waals surface area contributed by atoms with Crippen molar-refractivity contribution in [2.45, 2.75) is 47.0 Å². The fourth-order valence-corrected chi connectivity index (χ4v) is 1.51. The summed E-state index contributed by atoms with van der Waals surface area (Å²) in [5, 5.41) is 0. The summed E-state index contributed by atoms with van der Waals surface area (Å²) in [4.78, 5) is 0. The molecule has 0 aliphatic heterocycles. The van der Waals surface area contributed by atoms with E-state index in [9.17, 15) is 0 Å². The molecule has 0 aliphatic rings. The highest BCUT2D eigenvalue weighted by molar-refractivity contribution is 5.02. The van der Waals surface area contributed by atoms with Crippen LogP contribution in [-0.2, 0) is 0 Å². The zero-order valence-corrected chi connectivity index (χ0v) is 9.59. The molecular weight excluding hydrogens is 156 g/mol. The van der Waals surface area contributed by atoms with E-state index in [-0.39, 0.29) is 0 Å². The first-order valence-corrected chi connectivity index (χ1v) is 5.48. The number of allylic oxidation sites excluding steroid dienone is 4. The van der Waals surface area contributed by atoms with E-state index in [0.717, 1.165) is 18.3 Å². The summed E-state index contributed by atoms with van der Waals surface area (Å²) in [6.07, 6.45) is 12.4. The van der Waals surface area contributed by atoms with Crippen molar-refractivity contribution < 1.29 is 0 Å². The quantitative estimate of drug-likeness (QED) is 0.525. The van der Waals surface area contributed by atoms with Gasteiger partial charge in [-0.15, -0.1) is 0 Å². The van der Waals surface area contributed by atoms with Crippen LogP contribution in [0.4, 0.5) is 0 Å². The monoisotopic (exact) mass is 180 g/mol. The van der Waals surface area contributed by atoms with Gasteiger partial charge in [-0.25, -0.2) is 0 Å². The lowest BCUT2D eigenvalue weighted by Crippen LogP contribution is -1.98. The number of hydrogen-bond donors (Lipinski definition) is 0. The van der Waals surface area contributed by atoms with Gasteiger partial charge in [-0.1, -0.05) is 52.0 Å². The Hall–Kier alpha value is -0.520. The SMILES string of the molecule is CC/C=C/C=C/CC(C)CC(C)C. The van der Waals surface area contributed by atoms with Crippen molar-refractivity contribution >= 4 is 0 Å². The van der Waals surface area contributed by atoms with Crippen molar-refractivity contribution in [2.24, 2.45) is 11.8 Å². The summed E-state index contributed by atoms with van der Waals surface area (Å²) in [7, 11) is 0. The third kappa shape index (κ3) is 9.39. The summed E-state index contributed by atoms with van der Waals surface area (Å²) >= 11 is 0. The molecule has 0 aliphatic carbocycles. The van der Waals surface area contributed by atoms with Crippen LogP contribution in [-0.4, -0.2) is 0 Å². The maximum Gasteiger partial charge on any atom is -0.0322 e. The van der Waals surface area contributed by atoms with Crippen LogP contribution in [0.3, 0.4) is 0 Å². The Morgan fingerprint density at radius 2 is 1.62 bits per heavy atom. The molecule has 0 heteroatoms. The Bertz CT molecular complexity index is 151. The van der Waals surface area contributed by atoms with Crippen molar-refractivity contribution in [1.82, 2.24) is 0 Å². The molecule has 13 heavy (non-hydrogen) atoms. The van der Waals surface area contributed by atoms with Gasteiger partial charge in [0.2, 0.25) is 0 Å². The van der Waals surface area contributed by atoms with Crippen molar-refractivity contribution in [1.29, 1.82) is 0 Å². The predicted molar refractivity (Wildman–Crippen MR) is 61.8 cm³/mol. The summed E-state index contributed by atoms with van der Waals surface area (Å²) in [5.41, 5.74) is 0. The molecule has 0 amide bonds. The minimum atomic E-state index is 0.825. The predicted octanol–water partition coefficient (Wildman–Crippen LogP) is 4.58. The van der Waals surface area contributed by atoms with Gasteiger partial charge in [0.1, 0.15) is 0 Å². The van der Waals surface area contributed by atoms with Gasteiger partial charge in [0.25, 0.3) is 0 Å². The van der Waals surface area contributed by atoms with E-state index in [2.05, 4.69) is 52.0 Å². The van der Waals surface area contributed by atoms with E-state index < -0.39 is 0 Å². The highest BCUT2D eigenvalue weighted by atomic mass is 14.1. The zero-order chi connectivity index (χ0) is 10.1. The van der Waals surface area contributed by atoms with Crippen LogP contribution in [0.2, 0.25) is 0 Å². The number of rotatable bonds is 6. The lowest BCUT2D eigenvalue weighted by Gasteiger charge is -2.10. The average Bonchev–Trinajstić information content (AvgIpc) is 2.02. The first kappa shape index (κ1) is 12.5. The first-order valence-electron chi connectivity index (χ1n) is 5.48. The molecule has 0 rings (SSSR count). The van der Waals surface area contributed by atoms with Gasteiger partial charge in [-0.2, -0.15) is 0 Å². The van der Waals surface area contributed by atoms with Gasteiger partial charge in [-0.3, -0.25) is 0 Å². The van der Waals surface area contributed by atoms with Crippen LogP contribution >= 0.6 is 0 Å². The van der Waals surface area contributed by atoms with E-state index in [0.29, 0.717) is 0 Å². The van der Waals surface area contributed by atoms with Crippen LogP contribution in [0.1, 0.15) is 47.0 Å². The molecule has 0 bridgehead atoms. The molecule has 0 N–H and O–H groups in total. The summed E-state index contributed by atoms with van der Waals surface area (Å²) in [6.45, 7) is 9.06. The molecule has 0 heterocycles. The van der Waals surface area contributed by atoms with E-state index in [1.165, 1.54) is 12.8 Å². The molecule has 0 saturated heterocycles. The minimum absolute atomic E-state index is 0.825. The maximum absolute atomic E-state index is 2.33. The normalized spacial score (nSPS) is 14.8. The number of hydrogen-bond acceptors (Lipinski definition) is 0. The fraction of sp³-hybridized carbons (Fsp3) is 0.692. The van der Waals surface area contributed by atoms with Crippen molar-refractivity contribution in [3.05, 3.63) is 24.3 Å². The lowest BCUT2D eigenvalue weighted by atomic mass is 9.96. The van der Waals surface area contributed by atoms with Gasteiger partial charge in [0, 0.05) is 0 Å². The summed E-state index contributed by atoms with van der Waals surface area (Å²) in [5.74, 6) is 1.65. The van der Waals surface area contributed by atoms with E-state index in [4.69, 9.17) is 0 Å². The van der Waals surface area contributed by atoms with Crippen LogP contribution in [0.5, 0.6) is 0 Å². The molecule has 0 aromatic heterocycles. The van der Waals surface area contributed by atoms with Crippen LogP contribution in [0.15, 0.2) is 24.3 Å². The maximum atomic E-state index is 2.33. The Balaban J connectivity index is 3.51. The van der Waals surface area contributed by atoms with Gasteiger partial charge < -0.3 is 0 Å². The second-order valence-electron chi connectivity index (χ2n) is 4.23. The van der Waals surface area contributed by atoms with Crippen molar-refractivity contribution in [3.63, 3.8) is 0 Å². The van der Waals surface area contributed by atoms with Gasteiger partial charge >= 0.3 is 0 Å². The molecule has 0 aromatic rings. The molecular formula is C13H24. The topological polar surface area (TPSA) is 0 Å². The van der Waals surface area contributed by atoms with Gasteiger partial charge in [0.15, 0.2) is 0 Å². The average molecular weight is 180 g/mol. The zero-order valence-electron chi connectivity index (χ0n) is 9.59. The van der Waals surface area contributed by atoms with E-state index in [1.54, 1.807) is 0 Å². The third-order valence-corrected chi connectivity index (χ3v) is 2.03. The highest BCUT2D eigenvalue weighted by Crippen LogP contribution is 2.14. The highest BCUT2D eigenvalue weighted by Gasteiger charge is 2.01. The molecule has 0 fully saturated rings. The Kier molecular flexibility index (Phi) is 7.77. The summed E-state index contributed by atoms with van der Waals surface area (Å²) < 4.78 is 0. The molecule has 1 unspecified atom stereocenters. The molecule has 0 saturated carbocycles. The smallest absolute Gasteiger partial charge is 0.0322 e. The second kappa shape index (κ2) is 8.10. The van der Waals surface area contributed by atoms with Crippen LogP contribution < -0.4 is 0 Å². The molecule has 76 valence electrons. The molecule has 0 aromatic carbocycles. The Morgan fingerprint density at radius 3 is 2.15 bits per heavy atom. The second-order valence-corrected chi connectivity index (χ2v) is 4.23. The van der Waals surface area contributed by atoms with Crippen molar-refractivity contribution in [2.75, 3.05) is 0 Å². The van der Waals surface area contributed by atoms with Crippen molar-refractivity contribution in [3.8, 4) is 0 Å². The van der Waals surface area contributed by atoms with E-state index in [1.807, 2.05) is 0 Å². The molecule has 0 nitrogen and oxygen atoms in total. The molecule has 0 radical (unpaired) electrons.